The Bertz CT molecular complexity index is 1420. The lowest BCUT2D eigenvalue weighted by Gasteiger charge is -2.26. The Morgan fingerprint density at radius 1 is 1.18 bits per heavy atom. The lowest BCUT2D eigenvalue weighted by molar-refractivity contribution is -0.117. The number of benzene rings is 1. The molecule has 1 aromatic heterocycles. The minimum absolute atomic E-state index is 0.0136. The number of thioether (sulfide) groups is 1. The molecule has 6 rings (SSSR count). The zero-order valence-corrected chi connectivity index (χ0v) is 21.5. The molecule has 38 heavy (non-hydrogen) atoms. The highest BCUT2D eigenvalue weighted by atomic mass is 32.2. The summed E-state index contributed by atoms with van der Waals surface area (Å²) in [5, 5.41) is 3.10. The second-order valence-electron chi connectivity index (χ2n) is 9.53. The molecule has 10 heteroatoms. The topological polar surface area (TPSA) is 96.2 Å². The average molecular weight is 532 g/mol. The van der Waals surface area contributed by atoms with E-state index in [0.29, 0.717) is 49.4 Å². The number of carbonyl (C=O) groups excluding carboxylic acids is 2. The summed E-state index contributed by atoms with van der Waals surface area (Å²) >= 11 is 1.76. The summed E-state index contributed by atoms with van der Waals surface area (Å²) < 4.78 is 19.9. The monoisotopic (exact) mass is 531 g/mol. The van der Waals surface area contributed by atoms with Gasteiger partial charge in [-0.05, 0) is 68.0 Å². The number of halogens is 1. The molecule has 1 aliphatic carbocycles. The number of amides is 2. The second-order valence-corrected chi connectivity index (χ2v) is 10.7. The van der Waals surface area contributed by atoms with Gasteiger partial charge in [-0.2, -0.15) is 0 Å². The standard InChI is InChI=1S/C28H26FN5O3S/c29-18-14-23(28(31-16-18)37-21-8-3-17-9-13-38-24(17)15-21)27(36)33-20-6-4-19(5-7-20)32-26(35)22-2-1-11-34-12-10-30-25(22)34/h1-3,8,11,14-16,19H,4-7,9-10,12-13H2,(H,32,35). The molecule has 1 fully saturated rings. The molecule has 4 heterocycles. The number of ether oxygens (including phenoxy) is 1. The van der Waals surface area contributed by atoms with Crippen molar-refractivity contribution in [2.45, 2.75) is 43.0 Å². The van der Waals surface area contributed by atoms with Crippen LogP contribution in [0.1, 0.15) is 41.6 Å². The lowest BCUT2D eigenvalue weighted by atomic mass is 9.93. The van der Waals surface area contributed by atoms with Gasteiger partial charge in [0.15, 0.2) is 0 Å². The van der Waals surface area contributed by atoms with Gasteiger partial charge in [0.1, 0.15) is 23.0 Å². The first-order chi connectivity index (χ1) is 18.5. The van der Waals surface area contributed by atoms with Gasteiger partial charge in [0.05, 0.1) is 18.3 Å². The third kappa shape index (κ3) is 5.13. The van der Waals surface area contributed by atoms with Gasteiger partial charge in [0.25, 0.3) is 11.8 Å². The van der Waals surface area contributed by atoms with E-state index in [1.807, 2.05) is 35.4 Å². The maximum Gasteiger partial charge on any atom is 0.282 e. The number of hydrogen-bond acceptors (Lipinski definition) is 7. The fraction of sp³-hybridized carbons (Fsp3) is 0.321. The molecule has 1 aromatic carbocycles. The van der Waals surface area contributed by atoms with Crippen LogP contribution in [0.25, 0.3) is 0 Å². The number of hydrogen-bond donors (Lipinski definition) is 1. The molecule has 3 aliphatic heterocycles. The number of allylic oxidation sites excluding steroid dienone is 2. The van der Waals surface area contributed by atoms with Crippen molar-refractivity contribution in [2.24, 2.45) is 9.98 Å². The second kappa shape index (κ2) is 10.5. The van der Waals surface area contributed by atoms with Crippen LogP contribution in [0.4, 0.5) is 4.39 Å². The minimum Gasteiger partial charge on any atom is -0.438 e. The Hall–Kier alpha value is -3.79. The fourth-order valence-electron chi connectivity index (χ4n) is 5.00. The molecule has 2 aromatic rings. The quantitative estimate of drug-likeness (QED) is 0.612. The normalized spacial score (nSPS) is 19.9. The number of carbonyl (C=O) groups is 2. The van der Waals surface area contributed by atoms with Gasteiger partial charge in [-0.25, -0.2) is 14.4 Å². The van der Waals surface area contributed by atoms with Gasteiger partial charge < -0.3 is 15.0 Å². The molecule has 0 unspecified atom stereocenters. The van der Waals surface area contributed by atoms with E-state index in [-0.39, 0.29) is 23.4 Å². The fourth-order valence-corrected chi connectivity index (χ4v) is 6.09. The largest absolute Gasteiger partial charge is 0.438 e. The van der Waals surface area contributed by atoms with Crippen LogP contribution in [0.5, 0.6) is 11.6 Å². The molecule has 194 valence electrons. The summed E-state index contributed by atoms with van der Waals surface area (Å²) in [5.74, 6) is 0.970. The van der Waals surface area contributed by atoms with Crippen LogP contribution in [0, 0.1) is 5.82 Å². The number of pyridine rings is 1. The van der Waals surface area contributed by atoms with E-state index in [1.54, 1.807) is 17.8 Å². The molecule has 0 saturated heterocycles. The molecule has 1 N–H and O–H groups in total. The van der Waals surface area contributed by atoms with Crippen molar-refractivity contribution in [3.63, 3.8) is 0 Å². The van der Waals surface area contributed by atoms with Crippen LogP contribution in [0.3, 0.4) is 0 Å². The molecular formula is C28H26FN5O3S. The summed E-state index contributed by atoms with van der Waals surface area (Å²) in [6, 6.07) is 6.86. The number of fused-ring (bicyclic) bond motifs is 2. The summed E-state index contributed by atoms with van der Waals surface area (Å²) in [4.78, 5) is 41.8. The molecule has 0 bridgehead atoms. The number of nitrogens with one attached hydrogen (secondary N) is 1. The number of nitrogens with zero attached hydrogens (tertiary/aromatic N) is 4. The first kappa shape index (κ1) is 24.5. The van der Waals surface area contributed by atoms with E-state index in [4.69, 9.17) is 4.74 Å². The highest BCUT2D eigenvalue weighted by molar-refractivity contribution is 7.99. The van der Waals surface area contributed by atoms with Crippen LogP contribution in [0.2, 0.25) is 0 Å². The number of aliphatic imine (C=N–C) groups is 2. The first-order valence-corrected chi connectivity index (χ1v) is 13.7. The number of amidine groups is 1. The molecule has 0 radical (unpaired) electrons. The van der Waals surface area contributed by atoms with Crippen LogP contribution >= 0.6 is 11.8 Å². The van der Waals surface area contributed by atoms with E-state index in [1.165, 1.54) is 5.56 Å². The predicted octanol–water partition coefficient (Wildman–Crippen LogP) is 4.47. The third-order valence-corrected chi connectivity index (χ3v) is 8.08. The molecule has 0 atom stereocenters. The average Bonchev–Trinajstić information content (AvgIpc) is 3.60. The van der Waals surface area contributed by atoms with Crippen LogP contribution < -0.4 is 10.1 Å². The van der Waals surface area contributed by atoms with Gasteiger partial charge in [-0.1, -0.05) is 6.07 Å². The Morgan fingerprint density at radius 2 is 2.05 bits per heavy atom. The molecule has 4 aliphatic rings. The van der Waals surface area contributed by atoms with Gasteiger partial charge in [0.2, 0.25) is 5.88 Å². The Balaban J connectivity index is 1.10. The maximum absolute atomic E-state index is 14.0. The number of aromatic nitrogens is 1. The Kier molecular flexibility index (Phi) is 6.80. The van der Waals surface area contributed by atoms with Crippen molar-refractivity contribution in [1.29, 1.82) is 0 Å². The SMILES string of the molecule is O=C(NC1CCC(=NC(=O)c2cc(F)cnc2Oc2ccc3c(c2)SCC3)CC1)C1=CC=CN2CCN=C12. The van der Waals surface area contributed by atoms with E-state index >= 15 is 0 Å². The summed E-state index contributed by atoms with van der Waals surface area (Å²) in [7, 11) is 0. The smallest absolute Gasteiger partial charge is 0.282 e. The zero-order chi connectivity index (χ0) is 26.1. The number of rotatable bonds is 5. The number of aryl methyl sites for hydroxylation is 1. The zero-order valence-electron chi connectivity index (χ0n) is 20.7. The lowest BCUT2D eigenvalue weighted by Crippen LogP contribution is -2.41. The minimum atomic E-state index is -0.630. The molecule has 8 nitrogen and oxygen atoms in total. The Morgan fingerprint density at radius 3 is 2.92 bits per heavy atom. The molecule has 0 spiro atoms. The maximum atomic E-state index is 14.0. The van der Waals surface area contributed by atoms with Crippen LogP contribution in [-0.4, -0.2) is 58.1 Å². The third-order valence-electron chi connectivity index (χ3n) is 6.98. The summed E-state index contributed by atoms with van der Waals surface area (Å²) in [5.41, 5.74) is 2.55. The summed E-state index contributed by atoms with van der Waals surface area (Å²) in [6.07, 6.45) is 10.1. The van der Waals surface area contributed by atoms with Crippen LogP contribution in [0.15, 0.2) is 69.3 Å². The Labute approximate surface area is 223 Å². The van der Waals surface area contributed by atoms with Crippen LogP contribution in [-0.2, 0) is 11.2 Å². The van der Waals surface area contributed by atoms with Gasteiger partial charge in [0, 0.05) is 35.1 Å². The van der Waals surface area contributed by atoms with E-state index in [0.717, 1.165) is 41.6 Å². The molecule has 1 saturated carbocycles. The van der Waals surface area contributed by atoms with E-state index in [2.05, 4.69) is 20.3 Å². The van der Waals surface area contributed by atoms with Crippen molar-refractivity contribution in [3.8, 4) is 11.6 Å². The van der Waals surface area contributed by atoms with Crippen molar-refractivity contribution >= 4 is 35.1 Å². The highest BCUT2D eigenvalue weighted by Crippen LogP contribution is 2.35. The van der Waals surface area contributed by atoms with Gasteiger partial charge in [-0.3, -0.25) is 14.6 Å². The first-order valence-electron chi connectivity index (χ1n) is 12.7. The predicted molar refractivity (Wildman–Crippen MR) is 144 cm³/mol. The van der Waals surface area contributed by atoms with Crippen molar-refractivity contribution < 1.29 is 18.7 Å². The van der Waals surface area contributed by atoms with E-state index in [9.17, 15) is 14.0 Å². The molecular weight excluding hydrogens is 505 g/mol. The molecule has 2 amide bonds. The van der Waals surface area contributed by atoms with E-state index < -0.39 is 11.7 Å². The van der Waals surface area contributed by atoms with Crippen molar-refractivity contribution in [2.75, 3.05) is 18.8 Å². The summed E-state index contributed by atoms with van der Waals surface area (Å²) in [6.45, 7) is 1.47. The van der Waals surface area contributed by atoms with Gasteiger partial charge in [-0.15, -0.1) is 11.8 Å². The van der Waals surface area contributed by atoms with Crippen molar-refractivity contribution in [3.05, 3.63) is 71.3 Å². The van der Waals surface area contributed by atoms with Crippen molar-refractivity contribution in [1.82, 2.24) is 15.2 Å². The highest BCUT2D eigenvalue weighted by Gasteiger charge is 2.28. The van der Waals surface area contributed by atoms with Gasteiger partial charge >= 0.3 is 0 Å².